The van der Waals surface area contributed by atoms with Crippen LogP contribution in [0, 0.1) is 13.8 Å². The maximum absolute atomic E-state index is 12.7. The van der Waals surface area contributed by atoms with E-state index in [0.717, 1.165) is 11.1 Å². The second-order valence-electron chi connectivity index (χ2n) is 5.96. The summed E-state index contributed by atoms with van der Waals surface area (Å²) in [5.41, 5.74) is 1.14. The molecule has 1 aliphatic rings. The van der Waals surface area contributed by atoms with Crippen molar-refractivity contribution >= 4 is 34.8 Å². The number of anilines is 2. The molecule has 1 aliphatic heterocycles. The lowest BCUT2D eigenvalue weighted by Crippen LogP contribution is -2.56. The average Bonchev–Trinajstić information content (AvgIpc) is 2.53. The molecule has 1 atom stereocenters. The van der Waals surface area contributed by atoms with Crippen LogP contribution in [0.3, 0.4) is 0 Å². The second kappa shape index (κ2) is 5.83. The minimum absolute atomic E-state index is 0.459. The number of aryl methyl sites for hydroxylation is 1. The Morgan fingerprint density at radius 3 is 2.75 bits per heavy atom. The largest absolute Gasteiger partial charge is 0.466 e. The average molecular weight is 345 g/mol. The van der Waals surface area contributed by atoms with E-state index in [0.29, 0.717) is 22.1 Å². The van der Waals surface area contributed by atoms with Crippen LogP contribution in [0.4, 0.5) is 11.4 Å². The topological polar surface area (TPSA) is 67.4 Å². The highest BCUT2D eigenvalue weighted by atomic mass is 35.5. The van der Waals surface area contributed by atoms with Crippen molar-refractivity contribution in [1.82, 2.24) is 0 Å². The summed E-state index contributed by atoms with van der Waals surface area (Å²) < 4.78 is 5.73. The Kier molecular flexibility index (Phi) is 3.97. The Bertz CT molecular complexity index is 850. The van der Waals surface area contributed by atoms with E-state index in [1.54, 1.807) is 37.3 Å². The fourth-order valence-electron chi connectivity index (χ4n) is 2.47. The van der Waals surface area contributed by atoms with Crippen molar-refractivity contribution in [2.24, 2.45) is 0 Å². The van der Waals surface area contributed by atoms with Gasteiger partial charge in [-0.2, -0.15) is 0 Å². The van der Waals surface area contributed by atoms with E-state index in [1.165, 1.54) is 6.92 Å². The number of halogens is 1. The van der Waals surface area contributed by atoms with Gasteiger partial charge in [0.15, 0.2) is 0 Å². The summed E-state index contributed by atoms with van der Waals surface area (Å²) in [6.07, 6.45) is 0. The number of carbonyl (C=O) groups excluding carboxylic acids is 2. The van der Waals surface area contributed by atoms with E-state index in [9.17, 15) is 9.59 Å². The van der Waals surface area contributed by atoms with Gasteiger partial charge in [-0.05, 0) is 56.2 Å². The summed E-state index contributed by atoms with van der Waals surface area (Å²) in [4.78, 5) is 25.2. The van der Waals surface area contributed by atoms with Crippen LogP contribution in [0.25, 0.3) is 0 Å². The van der Waals surface area contributed by atoms with Gasteiger partial charge in [-0.15, -0.1) is 0 Å². The fourth-order valence-corrected chi connectivity index (χ4v) is 2.65. The summed E-state index contributed by atoms with van der Waals surface area (Å²) >= 11 is 6.07. The molecule has 0 bridgehead atoms. The minimum atomic E-state index is -1.67. The summed E-state index contributed by atoms with van der Waals surface area (Å²) in [7, 11) is 0. The van der Waals surface area contributed by atoms with E-state index < -0.39 is 17.4 Å². The molecule has 3 rings (SSSR count). The van der Waals surface area contributed by atoms with Gasteiger partial charge in [0.25, 0.3) is 17.4 Å². The molecule has 0 saturated heterocycles. The van der Waals surface area contributed by atoms with Gasteiger partial charge in [0, 0.05) is 10.7 Å². The monoisotopic (exact) mass is 344 g/mol. The zero-order valence-corrected chi connectivity index (χ0v) is 14.3. The molecule has 0 spiro atoms. The van der Waals surface area contributed by atoms with Crippen LogP contribution >= 0.6 is 11.6 Å². The van der Waals surface area contributed by atoms with Crippen molar-refractivity contribution in [1.29, 1.82) is 0 Å². The Morgan fingerprint density at radius 2 is 2.00 bits per heavy atom. The quantitative estimate of drug-likeness (QED) is 0.816. The van der Waals surface area contributed by atoms with Crippen LogP contribution in [0.1, 0.15) is 18.1 Å². The van der Waals surface area contributed by atoms with Crippen molar-refractivity contribution in [2.45, 2.75) is 26.4 Å². The third-order valence-corrected chi connectivity index (χ3v) is 4.49. The van der Waals surface area contributed by atoms with Gasteiger partial charge in [0.1, 0.15) is 5.75 Å². The molecule has 5 nitrogen and oxygen atoms in total. The Balaban J connectivity index is 1.90. The van der Waals surface area contributed by atoms with Crippen molar-refractivity contribution in [3.63, 3.8) is 0 Å². The summed E-state index contributed by atoms with van der Waals surface area (Å²) in [6, 6.07) is 10.6. The Labute approximate surface area is 145 Å². The molecule has 124 valence electrons. The van der Waals surface area contributed by atoms with Crippen LogP contribution in [0.5, 0.6) is 5.75 Å². The first-order valence-corrected chi connectivity index (χ1v) is 7.87. The van der Waals surface area contributed by atoms with Gasteiger partial charge in [-0.25, -0.2) is 0 Å². The lowest BCUT2D eigenvalue weighted by atomic mass is 10.0. The second-order valence-corrected chi connectivity index (χ2v) is 6.36. The Hall–Kier alpha value is -2.53. The van der Waals surface area contributed by atoms with E-state index in [2.05, 4.69) is 10.6 Å². The SMILES string of the molecule is Cc1ccc2c(c1)NC(=O)C(C)(C(=O)Nc1cccc(Cl)c1C)O2. The first kappa shape index (κ1) is 16.3. The molecule has 1 unspecified atom stereocenters. The van der Waals surface area contributed by atoms with Crippen molar-refractivity contribution in [2.75, 3.05) is 10.6 Å². The normalized spacial score (nSPS) is 19.1. The predicted octanol–water partition coefficient (Wildman–Crippen LogP) is 3.69. The number of carbonyl (C=O) groups is 2. The highest BCUT2D eigenvalue weighted by Gasteiger charge is 2.47. The minimum Gasteiger partial charge on any atom is -0.466 e. The molecule has 2 aromatic rings. The molecule has 0 fully saturated rings. The van der Waals surface area contributed by atoms with E-state index >= 15 is 0 Å². The molecular formula is C18H17ClN2O3. The third-order valence-electron chi connectivity index (χ3n) is 4.08. The van der Waals surface area contributed by atoms with Crippen LogP contribution < -0.4 is 15.4 Å². The maximum atomic E-state index is 12.7. The van der Waals surface area contributed by atoms with Gasteiger partial charge < -0.3 is 15.4 Å². The zero-order valence-electron chi connectivity index (χ0n) is 13.6. The molecule has 24 heavy (non-hydrogen) atoms. The molecule has 2 amide bonds. The number of ether oxygens (including phenoxy) is 1. The highest BCUT2D eigenvalue weighted by molar-refractivity contribution is 6.32. The standard InChI is InChI=1S/C18H17ClN2O3/c1-10-7-8-15-14(9-10)21-17(23)18(3,24-15)16(22)20-13-6-4-5-12(19)11(13)2/h4-9H,1-3H3,(H,20,22)(H,21,23). The Morgan fingerprint density at radius 1 is 1.25 bits per heavy atom. The van der Waals surface area contributed by atoms with Gasteiger partial charge >= 0.3 is 0 Å². The maximum Gasteiger partial charge on any atom is 0.278 e. The molecule has 2 aromatic carbocycles. The number of amides is 2. The van der Waals surface area contributed by atoms with Crippen LogP contribution in [-0.4, -0.2) is 17.4 Å². The molecule has 0 aromatic heterocycles. The van der Waals surface area contributed by atoms with Crippen molar-refractivity contribution in [3.05, 3.63) is 52.5 Å². The van der Waals surface area contributed by atoms with Gasteiger partial charge in [-0.1, -0.05) is 23.7 Å². The van der Waals surface area contributed by atoms with Gasteiger partial charge in [0.2, 0.25) is 0 Å². The molecule has 0 radical (unpaired) electrons. The smallest absolute Gasteiger partial charge is 0.278 e. The van der Waals surface area contributed by atoms with Crippen LogP contribution in [0.2, 0.25) is 5.02 Å². The van der Waals surface area contributed by atoms with E-state index in [-0.39, 0.29) is 0 Å². The van der Waals surface area contributed by atoms with E-state index in [1.807, 2.05) is 13.0 Å². The van der Waals surface area contributed by atoms with Gasteiger partial charge in [0.05, 0.1) is 5.69 Å². The molecule has 0 saturated carbocycles. The molecule has 1 heterocycles. The lowest BCUT2D eigenvalue weighted by Gasteiger charge is -2.33. The van der Waals surface area contributed by atoms with Crippen LogP contribution in [0.15, 0.2) is 36.4 Å². The van der Waals surface area contributed by atoms with E-state index in [4.69, 9.17) is 16.3 Å². The molecule has 0 aliphatic carbocycles. The number of rotatable bonds is 2. The number of hydrogen-bond donors (Lipinski definition) is 2. The number of fused-ring (bicyclic) bond motifs is 1. The molecule has 2 N–H and O–H groups in total. The third kappa shape index (κ3) is 2.71. The van der Waals surface area contributed by atoms with Crippen molar-refractivity contribution < 1.29 is 14.3 Å². The van der Waals surface area contributed by atoms with Crippen LogP contribution in [-0.2, 0) is 9.59 Å². The highest BCUT2D eigenvalue weighted by Crippen LogP contribution is 2.35. The lowest BCUT2D eigenvalue weighted by molar-refractivity contribution is -0.143. The number of hydrogen-bond acceptors (Lipinski definition) is 3. The first-order chi connectivity index (χ1) is 11.3. The fraction of sp³-hybridized carbons (Fsp3) is 0.222. The predicted molar refractivity (Wildman–Crippen MR) is 93.7 cm³/mol. The number of benzene rings is 2. The zero-order chi connectivity index (χ0) is 17.5. The molecule has 6 heteroatoms. The number of nitrogens with one attached hydrogen (secondary N) is 2. The summed E-state index contributed by atoms with van der Waals surface area (Å²) in [5, 5.41) is 5.99. The summed E-state index contributed by atoms with van der Waals surface area (Å²) in [6.45, 7) is 5.15. The first-order valence-electron chi connectivity index (χ1n) is 7.49. The van der Waals surface area contributed by atoms with Gasteiger partial charge in [-0.3, -0.25) is 9.59 Å². The molecular weight excluding hydrogens is 328 g/mol. The van der Waals surface area contributed by atoms with Crippen molar-refractivity contribution in [3.8, 4) is 5.75 Å². The summed E-state index contributed by atoms with van der Waals surface area (Å²) in [5.74, 6) is -0.616.